The second-order valence-electron chi connectivity index (χ2n) is 5.89. The highest BCUT2D eigenvalue weighted by Crippen LogP contribution is 2.44. The van der Waals surface area contributed by atoms with Gasteiger partial charge in [0.15, 0.2) is 0 Å². The van der Waals surface area contributed by atoms with Gasteiger partial charge in [0.05, 0.1) is 5.54 Å². The van der Waals surface area contributed by atoms with Crippen molar-refractivity contribution in [3.8, 4) is 0 Å². The Balaban J connectivity index is 2.30. The van der Waals surface area contributed by atoms with Gasteiger partial charge in [0.1, 0.15) is 5.01 Å². The molecule has 1 aliphatic carbocycles. The number of thiazole rings is 1. The summed E-state index contributed by atoms with van der Waals surface area (Å²) in [5.41, 5.74) is 0.120. The molecule has 0 spiro atoms. The molecule has 3 atom stereocenters. The van der Waals surface area contributed by atoms with Crippen LogP contribution in [0.15, 0.2) is 11.6 Å². The van der Waals surface area contributed by atoms with Crippen molar-refractivity contribution in [2.45, 2.75) is 58.5 Å². The molecular formula is C14H24N2S. The lowest BCUT2D eigenvalue weighted by molar-refractivity contribution is 0.112. The Morgan fingerprint density at radius 1 is 1.47 bits per heavy atom. The quantitative estimate of drug-likeness (QED) is 0.885. The molecular weight excluding hydrogens is 228 g/mol. The van der Waals surface area contributed by atoms with Crippen molar-refractivity contribution < 1.29 is 0 Å². The minimum absolute atomic E-state index is 0.120. The average molecular weight is 252 g/mol. The summed E-state index contributed by atoms with van der Waals surface area (Å²) in [6.45, 7) is 9.23. The molecule has 1 aliphatic rings. The van der Waals surface area contributed by atoms with Crippen molar-refractivity contribution in [1.82, 2.24) is 10.3 Å². The number of aromatic nitrogens is 1. The minimum Gasteiger partial charge on any atom is -0.303 e. The Morgan fingerprint density at radius 3 is 2.76 bits per heavy atom. The summed E-state index contributed by atoms with van der Waals surface area (Å²) in [5, 5.41) is 7.20. The molecule has 96 valence electrons. The van der Waals surface area contributed by atoms with Crippen molar-refractivity contribution in [3.05, 3.63) is 16.6 Å². The van der Waals surface area contributed by atoms with Crippen molar-refractivity contribution >= 4 is 11.3 Å². The maximum atomic E-state index is 4.60. The Hall–Kier alpha value is -0.410. The molecule has 17 heavy (non-hydrogen) atoms. The second kappa shape index (κ2) is 5.07. The van der Waals surface area contributed by atoms with Crippen LogP contribution in [0.3, 0.4) is 0 Å². The Bertz CT molecular complexity index is 347. The molecule has 1 fully saturated rings. The maximum Gasteiger partial charge on any atom is 0.113 e. The fraction of sp³-hybridized carbons (Fsp3) is 0.786. The van der Waals surface area contributed by atoms with E-state index in [2.05, 4.69) is 43.4 Å². The third-order valence-electron chi connectivity index (χ3n) is 3.99. The summed E-state index contributed by atoms with van der Waals surface area (Å²) in [7, 11) is 0. The summed E-state index contributed by atoms with van der Waals surface area (Å²) in [4.78, 5) is 4.60. The van der Waals surface area contributed by atoms with Crippen LogP contribution in [-0.4, -0.2) is 11.0 Å². The van der Waals surface area contributed by atoms with Crippen LogP contribution in [0.25, 0.3) is 0 Å². The Morgan fingerprint density at radius 2 is 2.24 bits per heavy atom. The van der Waals surface area contributed by atoms with E-state index < -0.39 is 0 Å². The van der Waals surface area contributed by atoms with Crippen molar-refractivity contribution in [3.63, 3.8) is 0 Å². The monoisotopic (exact) mass is 252 g/mol. The molecule has 0 aromatic carbocycles. The number of hydrogen-bond donors (Lipinski definition) is 1. The molecule has 1 saturated carbocycles. The highest BCUT2D eigenvalue weighted by Gasteiger charge is 2.43. The lowest BCUT2D eigenvalue weighted by atomic mass is 9.70. The summed E-state index contributed by atoms with van der Waals surface area (Å²) in [6, 6.07) is 0.509. The fourth-order valence-electron chi connectivity index (χ4n) is 3.20. The first kappa shape index (κ1) is 13.0. The first-order chi connectivity index (χ1) is 8.04. The summed E-state index contributed by atoms with van der Waals surface area (Å²) in [6.07, 6.45) is 5.78. The number of rotatable bonds is 3. The SMILES string of the molecule is CC1CCC(NC(C)C)(c2nccs2)C(C)C1. The number of nitrogens with one attached hydrogen (secondary N) is 1. The molecule has 1 aromatic rings. The van der Waals surface area contributed by atoms with Crippen LogP contribution < -0.4 is 5.32 Å². The fourth-order valence-corrected chi connectivity index (χ4v) is 4.14. The average Bonchev–Trinajstić information content (AvgIpc) is 2.75. The molecule has 1 N–H and O–H groups in total. The molecule has 0 radical (unpaired) electrons. The van der Waals surface area contributed by atoms with Crippen LogP contribution in [0.5, 0.6) is 0 Å². The van der Waals surface area contributed by atoms with Crippen LogP contribution in [0, 0.1) is 11.8 Å². The molecule has 0 aliphatic heterocycles. The lowest BCUT2D eigenvalue weighted by Gasteiger charge is -2.45. The van der Waals surface area contributed by atoms with Gasteiger partial charge in [-0.1, -0.05) is 13.8 Å². The minimum atomic E-state index is 0.120. The van der Waals surface area contributed by atoms with Gasteiger partial charge in [-0.3, -0.25) is 0 Å². The molecule has 3 unspecified atom stereocenters. The predicted molar refractivity (Wildman–Crippen MR) is 74.2 cm³/mol. The molecule has 1 aromatic heterocycles. The molecule has 0 saturated heterocycles. The molecule has 2 nitrogen and oxygen atoms in total. The van der Waals surface area contributed by atoms with E-state index in [9.17, 15) is 0 Å². The highest BCUT2D eigenvalue weighted by molar-refractivity contribution is 7.09. The van der Waals surface area contributed by atoms with E-state index in [0.717, 1.165) is 5.92 Å². The molecule has 2 rings (SSSR count). The van der Waals surface area contributed by atoms with E-state index in [0.29, 0.717) is 12.0 Å². The van der Waals surface area contributed by atoms with Crippen molar-refractivity contribution in [2.24, 2.45) is 11.8 Å². The molecule has 1 heterocycles. The zero-order chi connectivity index (χ0) is 12.5. The van der Waals surface area contributed by atoms with Gasteiger partial charge in [-0.2, -0.15) is 0 Å². The second-order valence-corrected chi connectivity index (χ2v) is 6.78. The van der Waals surface area contributed by atoms with E-state index in [1.165, 1.54) is 24.3 Å². The summed E-state index contributed by atoms with van der Waals surface area (Å²) in [5.74, 6) is 1.52. The topological polar surface area (TPSA) is 24.9 Å². The lowest BCUT2D eigenvalue weighted by Crippen LogP contribution is -2.53. The van der Waals surface area contributed by atoms with Crippen LogP contribution in [0.1, 0.15) is 52.0 Å². The van der Waals surface area contributed by atoms with Gasteiger partial charge in [0.2, 0.25) is 0 Å². The summed E-state index contributed by atoms with van der Waals surface area (Å²) >= 11 is 1.80. The molecule has 3 heteroatoms. The van der Waals surface area contributed by atoms with E-state index in [1.54, 1.807) is 11.3 Å². The number of nitrogens with zero attached hydrogens (tertiary/aromatic N) is 1. The third kappa shape index (κ3) is 2.55. The highest BCUT2D eigenvalue weighted by atomic mass is 32.1. The normalized spacial score (nSPS) is 34.2. The number of hydrogen-bond acceptors (Lipinski definition) is 3. The van der Waals surface area contributed by atoms with E-state index >= 15 is 0 Å². The van der Waals surface area contributed by atoms with Crippen LogP contribution in [-0.2, 0) is 5.54 Å². The van der Waals surface area contributed by atoms with Crippen LogP contribution in [0.4, 0.5) is 0 Å². The van der Waals surface area contributed by atoms with Gasteiger partial charge in [-0.25, -0.2) is 4.98 Å². The first-order valence-electron chi connectivity index (χ1n) is 6.72. The first-order valence-corrected chi connectivity index (χ1v) is 7.60. The van der Waals surface area contributed by atoms with Gasteiger partial charge in [-0.15, -0.1) is 11.3 Å². The van der Waals surface area contributed by atoms with Crippen LogP contribution >= 0.6 is 11.3 Å². The van der Waals surface area contributed by atoms with Gasteiger partial charge in [0.25, 0.3) is 0 Å². The van der Waals surface area contributed by atoms with Crippen LogP contribution in [0.2, 0.25) is 0 Å². The molecule has 0 amide bonds. The summed E-state index contributed by atoms with van der Waals surface area (Å²) < 4.78 is 0. The van der Waals surface area contributed by atoms with Gasteiger partial charge < -0.3 is 5.32 Å². The predicted octanol–water partition coefficient (Wildman–Crippen LogP) is 3.79. The van der Waals surface area contributed by atoms with Gasteiger partial charge in [-0.05, 0) is 44.9 Å². The Labute approximate surface area is 109 Å². The van der Waals surface area contributed by atoms with E-state index in [1.807, 2.05) is 6.20 Å². The van der Waals surface area contributed by atoms with Gasteiger partial charge >= 0.3 is 0 Å². The van der Waals surface area contributed by atoms with E-state index in [-0.39, 0.29) is 5.54 Å². The van der Waals surface area contributed by atoms with Crippen molar-refractivity contribution in [1.29, 1.82) is 0 Å². The van der Waals surface area contributed by atoms with E-state index in [4.69, 9.17) is 0 Å². The van der Waals surface area contributed by atoms with Crippen molar-refractivity contribution in [2.75, 3.05) is 0 Å². The standard InChI is InChI=1S/C14H24N2S/c1-10(2)16-14(13-15-7-8-17-13)6-5-11(3)9-12(14)4/h7-8,10-12,16H,5-6,9H2,1-4H3. The van der Waals surface area contributed by atoms with Gasteiger partial charge in [0, 0.05) is 17.6 Å². The smallest absolute Gasteiger partial charge is 0.113 e. The largest absolute Gasteiger partial charge is 0.303 e. The Kier molecular flexibility index (Phi) is 3.88. The molecule has 0 bridgehead atoms. The third-order valence-corrected chi connectivity index (χ3v) is 4.94. The maximum absolute atomic E-state index is 4.60. The zero-order valence-electron chi connectivity index (χ0n) is 11.4. The zero-order valence-corrected chi connectivity index (χ0v) is 12.2.